The maximum atomic E-state index is 12.4. The highest BCUT2D eigenvalue weighted by molar-refractivity contribution is 6.30. The van der Waals surface area contributed by atoms with Crippen molar-refractivity contribution in [1.82, 2.24) is 10.2 Å². The number of nitrogens with one attached hydrogen (secondary N) is 1. The molecule has 26 heavy (non-hydrogen) atoms. The van der Waals surface area contributed by atoms with E-state index in [1.807, 2.05) is 60.4 Å². The molecule has 0 aliphatic carbocycles. The summed E-state index contributed by atoms with van der Waals surface area (Å²) in [4.78, 5) is 14.5. The fraction of sp³-hybridized carbons (Fsp3) is 0.286. The van der Waals surface area contributed by atoms with Crippen LogP contribution in [0.2, 0.25) is 5.02 Å². The zero-order chi connectivity index (χ0) is 18.9. The van der Waals surface area contributed by atoms with Gasteiger partial charge in [0.15, 0.2) is 0 Å². The number of hydrogen-bond acceptors (Lipinski definition) is 3. The molecule has 1 unspecified atom stereocenters. The Morgan fingerprint density at radius 3 is 2.46 bits per heavy atom. The van der Waals surface area contributed by atoms with Crippen molar-refractivity contribution in [2.45, 2.75) is 19.5 Å². The van der Waals surface area contributed by atoms with E-state index in [0.717, 1.165) is 16.9 Å². The molecule has 4 nitrogen and oxygen atoms in total. The maximum Gasteiger partial charge on any atom is 0.234 e. The Labute approximate surface area is 160 Å². The Hall–Kier alpha value is -2.30. The van der Waals surface area contributed by atoms with Gasteiger partial charge < -0.3 is 10.1 Å². The van der Waals surface area contributed by atoms with Gasteiger partial charge in [0.25, 0.3) is 0 Å². The summed E-state index contributed by atoms with van der Waals surface area (Å²) >= 11 is 5.91. The van der Waals surface area contributed by atoms with Crippen LogP contribution < -0.4 is 10.1 Å². The van der Waals surface area contributed by atoms with E-state index in [2.05, 4.69) is 11.9 Å². The number of ether oxygens (including phenoxy) is 1. The van der Waals surface area contributed by atoms with Crippen LogP contribution in [0.1, 0.15) is 24.1 Å². The molecule has 0 saturated heterocycles. The first-order valence-electron chi connectivity index (χ1n) is 8.53. The van der Waals surface area contributed by atoms with Crippen LogP contribution in [0, 0.1) is 0 Å². The Bertz CT molecular complexity index is 714. The second kappa shape index (κ2) is 10.00. The van der Waals surface area contributed by atoms with E-state index >= 15 is 0 Å². The monoisotopic (exact) mass is 372 g/mol. The van der Waals surface area contributed by atoms with Gasteiger partial charge in [0, 0.05) is 18.1 Å². The third-order valence-electron chi connectivity index (χ3n) is 4.07. The van der Waals surface area contributed by atoms with E-state index in [-0.39, 0.29) is 11.9 Å². The lowest BCUT2D eigenvalue weighted by molar-refractivity contribution is -0.122. The molecule has 0 bridgehead atoms. The Morgan fingerprint density at radius 1 is 1.23 bits per heavy atom. The molecular formula is C21H25ClN2O2. The van der Waals surface area contributed by atoms with Crippen LogP contribution in [0.25, 0.3) is 0 Å². The molecule has 2 aromatic carbocycles. The number of carbonyl (C=O) groups excluding carboxylic acids is 1. The summed E-state index contributed by atoms with van der Waals surface area (Å²) < 4.78 is 5.18. The minimum absolute atomic E-state index is 0.0252. The number of amides is 1. The standard InChI is InChI=1S/C21H25ClN2O2/c1-4-13-24(14-17-5-11-20(26-3)12-6-17)15-21(25)23-16(2)18-7-9-19(22)10-8-18/h4-12,16H,1,13-15H2,2-3H3,(H,23,25). The average Bonchev–Trinajstić information content (AvgIpc) is 2.63. The number of benzene rings is 2. The highest BCUT2D eigenvalue weighted by Crippen LogP contribution is 2.16. The fourth-order valence-electron chi connectivity index (χ4n) is 2.68. The second-order valence-corrected chi connectivity index (χ2v) is 6.58. The number of nitrogens with zero attached hydrogens (tertiary/aromatic N) is 1. The number of hydrogen-bond donors (Lipinski definition) is 1. The molecule has 5 heteroatoms. The minimum atomic E-state index is -0.0775. The van der Waals surface area contributed by atoms with Crippen molar-refractivity contribution in [1.29, 1.82) is 0 Å². The van der Waals surface area contributed by atoms with Crippen molar-refractivity contribution in [2.24, 2.45) is 0 Å². The molecule has 0 spiro atoms. The Balaban J connectivity index is 1.93. The van der Waals surface area contributed by atoms with E-state index in [4.69, 9.17) is 16.3 Å². The summed E-state index contributed by atoms with van der Waals surface area (Å²) in [7, 11) is 1.64. The molecule has 0 heterocycles. The molecule has 0 saturated carbocycles. The van der Waals surface area contributed by atoms with Crippen LogP contribution in [0.4, 0.5) is 0 Å². The molecule has 2 aromatic rings. The van der Waals surface area contributed by atoms with Gasteiger partial charge in [0.05, 0.1) is 19.7 Å². The van der Waals surface area contributed by atoms with Crippen molar-refractivity contribution in [3.63, 3.8) is 0 Å². The predicted octanol–water partition coefficient (Wildman–Crippen LogP) is 4.21. The van der Waals surface area contributed by atoms with Crippen LogP contribution in [0.15, 0.2) is 61.2 Å². The molecule has 0 fully saturated rings. The molecule has 0 aliphatic heterocycles. The minimum Gasteiger partial charge on any atom is -0.497 e. The Kier molecular flexibility index (Phi) is 7.70. The number of halogens is 1. The number of methoxy groups -OCH3 is 1. The first-order chi connectivity index (χ1) is 12.5. The van der Waals surface area contributed by atoms with Crippen molar-refractivity contribution >= 4 is 17.5 Å². The number of carbonyl (C=O) groups is 1. The zero-order valence-electron chi connectivity index (χ0n) is 15.2. The van der Waals surface area contributed by atoms with Gasteiger partial charge in [0.1, 0.15) is 5.75 Å². The molecule has 1 amide bonds. The van der Waals surface area contributed by atoms with Gasteiger partial charge in [-0.25, -0.2) is 0 Å². The van der Waals surface area contributed by atoms with Crippen molar-refractivity contribution in [3.8, 4) is 5.75 Å². The van der Waals surface area contributed by atoms with Crippen molar-refractivity contribution in [2.75, 3.05) is 20.2 Å². The third kappa shape index (κ3) is 6.21. The van der Waals surface area contributed by atoms with Crippen molar-refractivity contribution < 1.29 is 9.53 Å². The lowest BCUT2D eigenvalue weighted by atomic mass is 10.1. The molecule has 1 N–H and O–H groups in total. The quantitative estimate of drug-likeness (QED) is 0.670. The largest absolute Gasteiger partial charge is 0.497 e. The van der Waals surface area contributed by atoms with E-state index in [9.17, 15) is 4.79 Å². The van der Waals surface area contributed by atoms with Crippen LogP contribution >= 0.6 is 11.6 Å². The van der Waals surface area contributed by atoms with Crippen LogP contribution in [-0.2, 0) is 11.3 Å². The van der Waals surface area contributed by atoms with Crippen LogP contribution in [0.3, 0.4) is 0 Å². The lowest BCUT2D eigenvalue weighted by Crippen LogP contribution is -2.38. The SMILES string of the molecule is C=CCN(CC(=O)NC(C)c1ccc(Cl)cc1)Cc1ccc(OC)cc1. The van der Waals surface area contributed by atoms with Crippen LogP contribution in [0.5, 0.6) is 5.75 Å². The number of rotatable bonds is 9. The summed E-state index contributed by atoms with van der Waals surface area (Å²) in [6.07, 6.45) is 1.80. The molecule has 2 rings (SSSR count). The fourth-order valence-corrected chi connectivity index (χ4v) is 2.81. The smallest absolute Gasteiger partial charge is 0.234 e. The third-order valence-corrected chi connectivity index (χ3v) is 4.32. The van der Waals surface area contributed by atoms with Crippen LogP contribution in [-0.4, -0.2) is 31.0 Å². The molecular weight excluding hydrogens is 348 g/mol. The lowest BCUT2D eigenvalue weighted by Gasteiger charge is -2.22. The van der Waals surface area contributed by atoms with E-state index in [1.165, 1.54) is 0 Å². The highest BCUT2D eigenvalue weighted by Gasteiger charge is 2.14. The van der Waals surface area contributed by atoms with Gasteiger partial charge in [0.2, 0.25) is 5.91 Å². The Morgan fingerprint density at radius 2 is 1.88 bits per heavy atom. The molecule has 138 valence electrons. The first-order valence-corrected chi connectivity index (χ1v) is 8.90. The van der Waals surface area contributed by atoms with Gasteiger partial charge in [-0.15, -0.1) is 6.58 Å². The van der Waals surface area contributed by atoms with Gasteiger partial charge in [-0.1, -0.05) is 41.9 Å². The van der Waals surface area contributed by atoms with E-state index in [1.54, 1.807) is 13.2 Å². The summed E-state index contributed by atoms with van der Waals surface area (Å²) in [6, 6.07) is 15.3. The summed E-state index contributed by atoms with van der Waals surface area (Å²) in [5.41, 5.74) is 2.14. The van der Waals surface area contributed by atoms with E-state index < -0.39 is 0 Å². The zero-order valence-corrected chi connectivity index (χ0v) is 16.0. The van der Waals surface area contributed by atoms with Crippen molar-refractivity contribution in [3.05, 3.63) is 77.3 Å². The summed E-state index contributed by atoms with van der Waals surface area (Å²) in [5.74, 6) is 0.793. The van der Waals surface area contributed by atoms with Gasteiger partial charge in [-0.3, -0.25) is 9.69 Å². The van der Waals surface area contributed by atoms with Gasteiger partial charge >= 0.3 is 0 Å². The topological polar surface area (TPSA) is 41.6 Å². The molecule has 0 aliphatic rings. The first kappa shape index (κ1) is 20.0. The second-order valence-electron chi connectivity index (χ2n) is 6.15. The maximum absolute atomic E-state index is 12.4. The average molecular weight is 373 g/mol. The molecule has 1 atom stereocenters. The van der Waals surface area contributed by atoms with Gasteiger partial charge in [-0.2, -0.15) is 0 Å². The van der Waals surface area contributed by atoms with Gasteiger partial charge in [-0.05, 0) is 42.3 Å². The molecule has 0 radical (unpaired) electrons. The summed E-state index contributed by atoms with van der Waals surface area (Å²) in [5, 5.41) is 3.71. The molecule has 0 aromatic heterocycles. The highest BCUT2D eigenvalue weighted by atomic mass is 35.5. The summed E-state index contributed by atoms with van der Waals surface area (Å²) in [6.45, 7) is 7.35. The predicted molar refractivity (Wildman–Crippen MR) is 106 cm³/mol. The normalized spacial score (nSPS) is 11.8. The van der Waals surface area contributed by atoms with E-state index in [0.29, 0.717) is 24.7 Å².